The second kappa shape index (κ2) is 6.81. The molecule has 2 heterocycles. The number of nitrogens with zero attached hydrogens (tertiary/aromatic N) is 4. The van der Waals surface area contributed by atoms with Gasteiger partial charge < -0.3 is 0 Å². The first-order chi connectivity index (χ1) is 11.6. The molecular weight excluding hydrogens is 364 g/mol. The number of likely N-dealkylation sites (N-methyl/N-ethyl adjacent to an activating group) is 2. The molecule has 0 aromatic carbocycles. The highest BCUT2D eigenvalue weighted by molar-refractivity contribution is 7.80. The van der Waals surface area contributed by atoms with Crippen molar-refractivity contribution in [2.45, 2.75) is 0 Å². The maximum absolute atomic E-state index is 12.2. The van der Waals surface area contributed by atoms with Crippen molar-refractivity contribution in [2.75, 3.05) is 28.2 Å². The van der Waals surface area contributed by atoms with Gasteiger partial charge in [-0.3, -0.25) is 38.8 Å². The monoisotopic (exact) mass is 380 g/mol. The molecule has 2 aliphatic heterocycles. The van der Waals surface area contributed by atoms with Crippen LogP contribution < -0.4 is 0 Å². The summed E-state index contributed by atoms with van der Waals surface area (Å²) in [6, 6.07) is 0. The van der Waals surface area contributed by atoms with E-state index in [1.165, 1.54) is 66.0 Å². The van der Waals surface area contributed by atoms with E-state index in [4.69, 9.17) is 24.4 Å². The summed E-state index contributed by atoms with van der Waals surface area (Å²) >= 11 is 10.00. The highest BCUT2D eigenvalue weighted by Gasteiger charge is 2.39. The van der Waals surface area contributed by atoms with Crippen LogP contribution in [0.3, 0.4) is 0 Å². The van der Waals surface area contributed by atoms with Crippen LogP contribution >= 0.6 is 24.4 Å². The van der Waals surface area contributed by atoms with E-state index in [1.54, 1.807) is 0 Å². The van der Waals surface area contributed by atoms with E-state index < -0.39 is 29.5 Å². The van der Waals surface area contributed by atoms with Crippen molar-refractivity contribution in [2.24, 2.45) is 5.92 Å². The highest BCUT2D eigenvalue weighted by atomic mass is 32.1. The topological polar surface area (TPSA) is 81.2 Å². The molecule has 0 atom stereocenters. The first kappa shape index (κ1) is 18.9. The third-order valence-corrected chi connectivity index (χ3v) is 5.07. The second-order valence-electron chi connectivity index (χ2n) is 5.53. The van der Waals surface area contributed by atoms with Gasteiger partial charge in [-0.2, -0.15) is 0 Å². The van der Waals surface area contributed by atoms with E-state index in [1.807, 2.05) is 0 Å². The summed E-state index contributed by atoms with van der Waals surface area (Å²) in [5.41, 5.74) is -0.109. The predicted molar refractivity (Wildman–Crippen MR) is 97.0 cm³/mol. The Morgan fingerprint density at radius 2 is 1.16 bits per heavy atom. The molecule has 2 aliphatic rings. The summed E-state index contributed by atoms with van der Waals surface area (Å²) in [5, 5.41) is 0.220. The third kappa shape index (κ3) is 3.10. The normalized spacial score (nSPS) is 20.6. The van der Waals surface area contributed by atoms with Gasteiger partial charge in [-0.05, 0) is 30.5 Å². The quantitative estimate of drug-likeness (QED) is 0.279. The van der Waals surface area contributed by atoms with E-state index in [-0.39, 0.29) is 15.8 Å². The fourth-order valence-corrected chi connectivity index (χ4v) is 2.70. The molecule has 10 heteroatoms. The van der Waals surface area contributed by atoms with Gasteiger partial charge in [0.05, 0.1) is 0 Å². The molecule has 0 saturated carbocycles. The summed E-state index contributed by atoms with van der Waals surface area (Å²) in [4.78, 5) is 53.5. The molecule has 25 heavy (non-hydrogen) atoms. The molecule has 0 radical (unpaired) electrons. The minimum Gasteiger partial charge on any atom is -0.291 e. The molecule has 0 aromatic heterocycles. The van der Waals surface area contributed by atoms with Crippen LogP contribution in [0.1, 0.15) is 0 Å². The molecule has 0 N–H and O–H groups in total. The number of hydrogen-bond donors (Lipinski definition) is 0. The fraction of sp³-hybridized carbons (Fsp3) is 0.333. The Kier molecular flexibility index (Phi) is 5.14. The van der Waals surface area contributed by atoms with Gasteiger partial charge in [-0.25, -0.2) is 0 Å². The van der Waals surface area contributed by atoms with E-state index in [0.717, 1.165) is 0 Å². The minimum absolute atomic E-state index is 0.102. The Morgan fingerprint density at radius 1 is 0.760 bits per heavy atom. The van der Waals surface area contributed by atoms with Gasteiger partial charge in [0.2, 0.25) is 11.8 Å². The van der Waals surface area contributed by atoms with Crippen molar-refractivity contribution in [1.29, 1.82) is 0 Å². The van der Waals surface area contributed by atoms with Crippen molar-refractivity contribution in [3.63, 3.8) is 0 Å². The maximum atomic E-state index is 12.2. The molecule has 8 nitrogen and oxygen atoms in total. The first-order valence-electron chi connectivity index (χ1n) is 7.17. The van der Waals surface area contributed by atoms with Gasteiger partial charge in [-0.15, -0.1) is 0 Å². The lowest BCUT2D eigenvalue weighted by atomic mass is 10.0. The number of amides is 4. The largest absolute Gasteiger partial charge is 0.291 e. The second-order valence-corrected chi connectivity index (χ2v) is 6.26. The zero-order valence-electron chi connectivity index (χ0n) is 14.0. The lowest BCUT2D eigenvalue weighted by Gasteiger charge is -2.34. The SMILES string of the molecule is CN1C(=O)C(=CC=CC2C(=O)N(C)C(=S)N(C)C2=O)C(=O)N(C)C1=S. The Labute approximate surface area is 155 Å². The van der Waals surface area contributed by atoms with Crippen LogP contribution in [0.4, 0.5) is 0 Å². The Balaban J connectivity index is 2.28. The molecule has 2 fully saturated rings. The number of thiocarbonyl (C=S) groups is 2. The van der Waals surface area contributed by atoms with Crippen LogP contribution in [0.15, 0.2) is 23.8 Å². The summed E-state index contributed by atoms with van der Waals surface area (Å²) in [6.07, 6.45) is 3.95. The zero-order valence-corrected chi connectivity index (χ0v) is 15.7. The van der Waals surface area contributed by atoms with Crippen LogP contribution in [0.5, 0.6) is 0 Å². The van der Waals surface area contributed by atoms with Crippen molar-refractivity contribution in [1.82, 2.24) is 19.6 Å². The Hall–Kier alpha value is -2.46. The van der Waals surface area contributed by atoms with E-state index >= 15 is 0 Å². The number of carbonyl (C=O) groups excluding carboxylic acids is 4. The molecule has 132 valence electrons. The fourth-order valence-electron chi connectivity index (χ4n) is 2.36. The molecule has 0 aliphatic carbocycles. The maximum Gasteiger partial charge on any atom is 0.265 e. The third-order valence-electron chi connectivity index (χ3n) is 3.98. The van der Waals surface area contributed by atoms with Gasteiger partial charge in [0.15, 0.2) is 10.2 Å². The molecule has 0 bridgehead atoms. The van der Waals surface area contributed by atoms with Crippen molar-refractivity contribution in [3.8, 4) is 0 Å². The van der Waals surface area contributed by atoms with Crippen molar-refractivity contribution in [3.05, 3.63) is 23.8 Å². The number of carbonyl (C=O) groups is 4. The van der Waals surface area contributed by atoms with E-state index in [0.29, 0.717) is 0 Å². The van der Waals surface area contributed by atoms with Gasteiger partial charge in [0.1, 0.15) is 11.5 Å². The lowest BCUT2D eigenvalue weighted by molar-refractivity contribution is -0.143. The van der Waals surface area contributed by atoms with Crippen LogP contribution in [0, 0.1) is 5.92 Å². The molecule has 2 saturated heterocycles. The minimum atomic E-state index is -1.07. The van der Waals surface area contributed by atoms with Crippen molar-refractivity contribution >= 4 is 58.3 Å². The summed E-state index contributed by atoms with van der Waals surface area (Å²) < 4.78 is 0. The molecular formula is C15H16N4O4S2. The van der Waals surface area contributed by atoms with Crippen LogP contribution in [-0.2, 0) is 19.2 Å². The van der Waals surface area contributed by atoms with E-state index in [9.17, 15) is 19.2 Å². The standard InChI is InChI=1S/C15H16N4O4S2/c1-16-10(20)8(11(21)17(2)14(16)24)6-5-7-9-12(22)18(3)15(25)19(4)13(9)23/h5-8H,1-4H3. The van der Waals surface area contributed by atoms with Crippen LogP contribution in [0.25, 0.3) is 0 Å². The number of rotatable bonds is 2. The van der Waals surface area contributed by atoms with Crippen LogP contribution in [-0.4, -0.2) is 81.6 Å². The molecule has 4 amide bonds. The summed E-state index contributed by atoms with van der Waals surface area (Å²) in [7, 11) is 5.88. The zero-order chi connectivity index (χ0) is 19.0. The van der Waals surface area contributed by atoms with Crippen LogP contribution in [0.2, 0.25) is 0 Å². The average molecular weight is 380 g/mol. The first-order valence-corrected chi connectivity index (χ1v) is 7.98. The Bertz CT molecular complexity index is 723. The predicted octanol–water partition coefficient (Wildman–Crippen LogP) is -0.484. The smallest absolute Gasteiger partial charge is 0.265 e. The molecule has 2 rings (SSSR count). The number of allylic oxidation sites excluding steroid dienone is 2. The van der Waals surface area contributed by atoms with Gasteiger partial charge in [0, 0.05) is 28.2 Å². The van der Waals surface area contributed by atoms with Crippen molar-refractivity contribution < 1.29 is 19.2 Å². The van der Waals surface area contributed by atoms with Gasteiger partial charge >= 0.3 is 0 Å². The molecule has 0 aromatic rings. The Morgan fingerprint density at radius 3 is 1.60 bits per heavy atom. The summed E-state index contributed by atoms with van der Waals surface area (Å²) in [5.74, 6) is -3.10. The summed E-state index contributed by atoms with van der Waals surface area (Å²) in [6.45, 7) is 0. The molecule has 0 spiro atoms. The van der Waals surface area contributed by atoms with E-state index in [2.05, 4.69) is 0 Å². The van der Waals surface area contributed by atoms with Gasteiger partial charge in [0.25, 0.3) is 11.8 Å². The number of hydrogen-bond acceptors (Lipinski definition) is 6. The lowest BCUT2D eigenvalue weighted by Crippen LogP contribution is -2.56. The average Bonchev–Trinajstić information content (AvgIpc) is 2.60. The molecule has 0 unspecified atom stereocenters. The van der Waals surface area contributed by atoms with Gasteiger partial charge in [-0.1, -0.05) is 12.2 Å². The highest BCUT2D eigenvalue weighted by Crippen LogP contribution is 2.18.